The number of nitrogens with zero attached hydrogens (tertiary/aromatic N) is 2. The van der Waals surface area contributed by atoms with Crippen molar-refractivity contribution in [1.82, 2.24) is 10.1 Å². The number of hydrogen-bond acceptors (Lipinski definition) is 4. The van der Waals surface area contributed by atoms with Crippen molar-refractivity contribution in [1.29, 1.82) is 0 Å². The monoisotopic (exact) mass is 265 g/mol. The van der Waals surface area contributed by atoms with Gasteiger partial charge in [-0.05, 0) is 19.1 Å². The van der Waals surface area contributed by atoms with Crippen LogP contribution in [-0.4, -0.2) is 17.2 Å². The first-order valence-electron chi connectivity index (χ1n) is 6.46. The zero-order valence-corrected chi connectivity index (χ0v) is 11.4. The molecule has 1 heterocycles. The Balaban J connectivity index is 2.00. The van der Waals surface area contributed by atoms with Gasteiger partial charge in [0.1, 0.15) is 0 Å². The van der Waals surface area contributed by atoms with E-state index in [0.717, 1.165) is 16.8 Å². The molecule has 4 heteroatoms. The Morgan fingerprint density at radius 1 is 1.00 bits per heavy atom. The summed E-state index contributed by atoms with van der Waals surface area (Å²) in [7, 11) is 1.87. The number of aryl methyl sites for hydroxylation is 1. The van der Waals surface area contributed by atoms with Crippen LogP contribution in [0.25, 0.3) is 22.8 Å². The summed E-state index contributed by atoms with van der Waals surface area (Å²) in [6.07, 6.45) is 0. The molecule has 0 fully saturated rings. The summed E-state index contributed by atoms with van der Waals surface area (Å²) in [5.41, 5.74) is 4.03. The van der Waals surface area contributed by atoms with Gasteiger partial charge in [-0.15, -0.1) is 0 Å². The molecule has 0 aliphatic heterocycles. The Bertz CT molecular complexity index is 717. The molecular formula is C16H15N3O. The van der Waals surface area contributed by atoms with Gasteiger partial charge in [0.2, 0.25) is 5.82 Å². The summed E-state index contributed by atoms with van der Waals surface area (Å²) in [5.74, 6) is 1.12. The van der Waals surface area contributed by atoms with E-state index in [0.29, 0.717) is 11.7 Å². The first kappa shape index (κ1) is 12.4. The van der Waals surface area contributed by atoms with Crippen molar-refractivity contribution in [3.63, 3.8) is 0 Å². The average Bonchev–Trinajstić information content (AvgIpc) is 2.97. The minimum absolute atomic E-state index is 0.519. The highest BCUT2D eigenvalue weighted by molar-refractivity contribution is 5.73. The van der Waals surface area contributed by atoms with Crippen molar-refractivity contribution in [3.05, 3.63) is 54.1 Å². The lowest BCUT2D eigenvalue weighted by Crippen LogP contribution is -1.91. The second-order valence-electron chi connectivity index (χ2n) is 4.58. The van der Waals surface area contributed by atoms with Crippen LogP contribution < -0.4 is 5.32 Å². The molecular weight excluding hydrogens is 250 g/mol. The molecule has 0 bridgehead atoms. The highest BCUT2D eigenvalue weighted by atomic mass is 16.5. The summed E-state index contributed by atoms with van der Waals surface area (Å²) in [6.45, 7) is 2.05. The lowest BCUT2D eigenvalue weighted by Gasteiger charge is -2.03. The van der Waals surface area contributed by atoms with Gasteiger partial charge < -0.3 is 9.84 Å². The Labute approximate surface area is 117 Å². The molecule has 0 aliphatic rings. The number of para-hydroxylation sites is 1. The van der Waals surface area contributed by atoms with Crippen molar-refractivity contribution in [2.75, 3.05) is 12.4 Å². The summed E-state index contributed by atoms with van der Waals surface area (Å²) in [6, 6.07) is 15.9. The van der Waals surface area contributed by atoms with E-state index in [1.54, 1.807) is 0 Å². The normalized spacial score (nSPS) is 10.5. The van der Waals surface area contributed by atoms with Crippen LogP contribution in [0.4, 0.5) is 5.69 Å². The average molecular weight is 265 g/mol. The van der Waals surface area contributed by atoms with Crippen molar-refractivity contribution in [2.24, 2.45) is 0 Å². The second-order valence-corrected chi connectivity index (χ2v) is 4.58. The zero-order valence-electron chi connectivity index (χ0n) is 11.4. The number of anilines is 1. The number of rotatable bonds is 3. The smallest absolute Gasteiger partial charge is 0.260 e. The van der Waals surface area contributed by atoms with Gasteiger partial charge in [0.05, 0.1) is 5.56 Å². The van der Waals surface area contributed by atoms with E-state index in [2.05, 4.69) is 22.4 Å². The van der Waals surface area contributed by atoms with E-state index in [1.807, 2.05) is 55.6 Å². The maximum absolute atomic E-state index is 5.38. The highest BCUT2D eigenvalue weighted by Crippen LogP contribution is 2.28. The van der Waals surface area contributed by atoms with Gasteiger partial charge in [-0.3, -0.25) is 0 Å². The molecule has 0 saturated carbocycles. The number of nitrogens with one attached hydrogen (secondary N) is 1. The first-order valence-corrected chi connectivity index (χ1v) is 6.46. The van der Waals surface area contributed by atoms with Crippen molar-refractivity contribution in [2.45, 2.75) is 6.92 Å². The first-order chi connectivity index (χ1) is 9.78. The summed E-state index contributed by atoms with van der Waals surface area (Å²) < 4.78 is 5.38. The minimum Gasteiger partial charge on any atom is -0.387 e. The van der Waals surface area contributed by atoms with Gasteiger partial charge in [0.15, 0.2) is 0 Å². The van der Waals surface area contributed by atoms with Gasteiger partial charge >= 0.3 is 0 Å². The molecule has 1 N–H and O–H groups in total. The van der Waals surface area contributed by atoms with E-state index < -0.39 is 0 Å². The number of benzene rings is 2. The van der Waals surface area contributed by atoms with Crippen LogP contribution in [0, 0.1) is 6.92 Å². The summed E-state index contributed by atoms with van der Waals surface area (Å²) in [4.78, 5) is 4.47. The van der Waals surface area contributed by atoms with Crippen LogP contribution in [0.1, 0.15) is 5.56 Å². The van der Waals surface area contributed by atoms with Crippen LogP contribution in [0.2, 0.25) is 0 Å². The van der Waals surface area contributed by atoms with Crippen molar-refractivity contribution >= 4 is 5.69 Å². The molecule has 0 aliphatic carbocycles. The Morgan fingerprint density at radius 3 is 2.50 bits per heavy atom. The van der Waals surface area contributed by atoms with Crippen molar-refractivity contribution in [3.8, 4) is 22.8 Å². The fraction of sp³-hybridized carbons (Fsp3) is 0.125. The molecule has 20 heavy (non-hydrogen) atoms. The lowest BCUT2D eigenvalue weighted by molar-refractivity contribution is 0.432. The van der Waals surface area contributed by atoms with Gasteiger partial charge in [0.25, 0.3) is 5.89 Å². The predicted octanol–water partition coefficient (Wildman–Crippen LogP) is 3.75. The zero-order chi connectivity index (χ0) is 13.9. The molecule has 4 nitrogen and oxygen atoms in total. The molecule has 2 aromatic carbocycles. The van der Waals surface area contributed by atoms with E-state index in [4.69, 9.17) is 4.52 Å². The molecule has 3 aromatic rings. The quantitative estimate of drug-likeness (QED) is 0.783. The van der Waals surface area contributed by atoms with Crippen LogP contribution in [0.5, 0.6) is 0 Å². The standard InChI is InChI=1S/C16H15N3O/c1-11-7-9-12(10-8-11)15-18-16(20-19-15)13-5-3-4-6-14(13)17-2/h3-10,17H,1-2H3. The van der Waals surface area contributed by atoms with E-state index in [9.17, 15) is 0 Å². The fourth-order valence-electron chi connectivity index (χ4n) is 2.04. The minimum atomic E-state index is 0.519. The van der Waals surface area contributed by atoms with Gasteiger partial charge in [0, 0.05) is 18.3 Å². The third-order valence-electron chi connectivity index (χ3n) is 3.16. The summed E-state index contributed by atoms with van der Waals surface area (Å²) >= 11 is 0. The second kappa shape index (κ2) is 5.17. The fourth-order valence-corrected chi connectivity index (χ4v) is 2.04. The number of hydrogen-bond donors (Lipinski definition) is 1. The van der Waals surface area contributed by atoms with Gasteiger partial charge in [-0.2, -0.15) is 4.98 Å². The van der Waals surface area contributed by atoms with Crippen molar-refractivity contribution < 1.29 is 4.52 Å². The highest BCUT2D eigenvalue weighted by Gasteiger charge is 2.12. The molecule has 100 valence electrons. The molecule has 0 atom stereocenters. The lowest BCUT2D eigenvalue weighted by atomic mass is 10.1. The molecule has 3 rings (SSSR count). The van der Waals surface area contributed by atoms with E-state index in [-0.39, 0.29) is 0 Å². The molecule has 0 radical (unpaired) electrons. The molecule has 0 amide bonds. The largest absolute Gasteiger partial charge is 0.387 e. The maximum Gasteiger partial charge on any atom is 0.260 e. The Hall–Kier alpha value is -2.62. The maximum atomic E-state index is 5.38. The van der Waals surface area contributed by atoms with Crippen LogP contribution in [-0.2, 0) is 0 Å². The Kier molecular flexibility index (Phi) is 3.21. The van der Waals surface area contributed by atoms with Gasteiger partial charge in [-0.25, -0.2) is 0 Å². The summed E-state index contributed by atoms with van der Waals surface area (Å²) in [5, 5.41) is 7.18. The molecule has 0 spiro atoms. The molecule has 0 saturated heterocycles. The van der Waals surface area contributed by atoms with Crippen LogP contribution >= 0.6 is 0 Å². The molecule has 0 unspecified atom stereocenters. The van der Waals surface area contributed by atoms with E-state index >= 15 is 0 Å². The molecule has 1 aromatic heterocycles. The predicted molar refractivity (Wildman–Crippen MR) is 79.5 cm³/mol. The van der Waals surface area contributed by atoms with Crippen LogP contribution in [0.3, 0.4) is 0 Å². The third-order valence-corrected chi connectivity index (χ3v) is 3.16. The Morgan fingerprint density at radius 2 is 1.75 bits per heavy atom. The topological polar surface area (TPSA) is 51.0 Å². The van der Waals surface area contributed by atoms with Gasteiger partial charge in [-0.1, -0.05) is 47.1 Å². The third kappa shape index (κ3) is 2.28. The van der Waals surface area contributed by atoms with E-state index in [1.165, 1.54) is 5.56 Å². The number of aromatic nitrogens is 2. The van der Waals surface area contributed by atoms with Crippen LogP contribution in [0.15, 0.2) is 53.1 Å². The SMILES string of the molecule is CNc1ccccc1-c1nc(-c2ccc(C)cc2)no1.